The number of hydrogen-bond donors (Lipinski definition) is 2. The molecule has 11 heteroatoms. The van der Waals surface area contributed by atoms with Crippen molar-refractivity contribution in [2.75, 3.05) is 5.43 Å². The van der Waals surface area contributed by atoms with Gasteiger partial charge < -0.3 is 9.26 Å². The number of anilines is 1. The molecule has 2 aromatic heterocycles. The number of nitrogens with one attached hydrogen (secondary N) is 2. The highest BCUT2D eigenvalue weighted by Gasteiger charge is 2.15. The molecule has 2 heterocycles. The zero-order chi connectivity index (χ0) is 26.3. The lowest BCUT2D eigenvalue weighted by Gasteiger charge is -2.06. The van der Waals surface area contributed by atoms with E-state index in [0.717, 1.165) is 0 Å². The summed E-state index contributed by atoms with van der Waals surface area (Å²) in [5.41, 5.74) is 3.39. The molecule has 0 saturated heterocycles. The fourth-order valence-electron chi connectivity index (χ4n) is 3.48. The van der Waals surface area contributed by atoms with Crippen LogP contribution in [0.3, 0.4) is 0 Å². The number of ether oxygens (including phenoxy) is 1. The van der Waals surface area contributed by atoms with Crippen LogP contribution in [0.5, 0.6) is 5.75 Å². The van der Waals surface area contributed by atoms with Crippen LogP contribution in [-0.4, -0.2) is 26.3 Å². The predicted octanol–water partition coefficient (Wildman–Crippen LogP) is 4.52. The maximum atomic E-state index is 14.5. The molecule has 10 nitrogen and oxygen atoms in total. The molecule has 2 N–H and O–H groups in total. The molecule has 0 atom stereocenters. The first kappa shape index (κ1) is 24.1. The molecule has 38 heavy (non-hydrogen) atoms. The first-order chi connectivity index (χ1) is 18.6. The number of halogens is 1. The summed E-state index contributed by atoms with van der Waals surface area (Å²) in [6.07, 6.45) is 1.41. The minimum Gasteiger partial charge on any atom is -0.484 e. The van der Waals surface area contributed by atoms with Gasteiger partial charge in [-0.15, -0.1) is 0 Å². The Morgan fingerprint density at radius 2 is 1.84 bits per heavy atom. The van der Waals surface area contributed by atoms with Crippen molar-refractivity contribution in [3.63, 3.8) is 0 Å². The van der Waals surface area contributed by atoms with Crippen molar-refractivity contribution in [1.29, 1.82) is 5.26 Å². The second-order valence-corrected chi connectivity index (χ2v) is 7.84. The van der Waals surface area contributed by atoms with Gasteiger partial charge in [0.15, 0.2) is 6.61 Å². The molecule has 5 aromatic rings. The highest BCUT2D eigenvalue weighted by molar-refractivity contribution is 5.82. The van der Waals surface area contributed by atoms with Crippen molar-refractivity contribution in [2.24, 2.45) is 5.10 Å². The minimum atomic E-state index is -0.604. The third-order valence-electron chi connectivity index (χ3n) is 5.27. The van der Waals surface area contributed by atoms with Gasteiger partial charge in [0.25, 0.3) is 11.4 Å². The first-order valence-electron chi connectivity index (χ1n) is 11.3. The van der Waals surface area contributed by atoms with E-state index in [1.807, 2.05) is 30.3 Å². The van der Waals surface area contributed by atoms with Crippen molar-refractivity contribution in [1.82, 2.24) is 20.1 Å². The third kappa shape index (κ3) is 5.44. The lowest BCUT2D eigenvalue weighted by molar-refractivity contribution is 0.243. The Morgan fingerprint density at radius 1 is 1.08 bits per heavy atom. The van der Waals surface area contributed by atoms with Crippen LogP contribution in [-0.2, 0) is 6.61 Å². The highest BCUT2D eigenvalue weighted by Crippen LogP contribution is 2.22. The second kappa shape index (κ2) is 11.0. The molecule has 0 saturated carbocycles. The van der Waals surface area contributed by atoms with Gasteiger partial charge in [-0.3, -0.25) is 9.78 Å². The summed E-state index contributed by atoms with van der Waals surface area (Å²) in [6, 6.07) is 24.1. The van der Waals surface area contributed by atoms with Gasteiger partial charge in [-0.25, -0.2) is 14.8 Å². The smallest absolute Gasteiger partial charge is 0.270 e. The van der Waals surface area contributed by atoms with Crippen molar-refractivity contribution in [3.05, 3.63) is 112 Å². The van der Waals surface area contributed by atoms with E-state index in [4.69, 9.17) is 9.26 Å². The topological polar surface area (TPSA) is 142 Å². The number of aromatic amines is 1. The fraction of sp³-hybridized carbons (Fsp3) is 0.0370. The van der Waals surface area contributed by atoms with Crippen LogP contribution in [0.25, 0.3) is 22.6 Å². The van der Waals surface area contributed by atoms with Crippen LogP contribution in [0, 0.1) is 17.1 Å². The number of nitrogens with zero attached hydrogens (tertiary/aromatic N) is 5. The monoisotopic (exact) mass is 507 g/mol. The molecule has 0 aliphatic heterocycles. The summed E-state index contributed by atoms with van der Waals surface area (Å²) in [4.78, 5) is 23.4. The molecule has 0 fully saturated rings. The Bertz CT molecular complexity index is 1690. The van der Waals surface area contributed by atoms with E-state index >= 15 is 0 Å². The van der Waals surface area contributed by atoms with Crippen LogP contribution < -0.4 is 15.7 Å². The van der Waals surface area contributed by atoms with E-state index in [2.05, 4.69) is 30.6 Å². The molecule has 0 spiro atoms. The van der Waals surface area contributed by atoms with Crippen LogP contribution in [0.1, 0.15) is 17.0 Å². The van der Waals surface area contributed by atoms with E-state index in [0.29, 0.717) is 16.9 Å². The van der Waals surface area contributed by atoms with E-state index in [1.165, 1.54) is 24.4 Å². The Balaban J connectivity index is 1.32. The van der Waals surface area contributed by atoms with Gasteiger partial charge in [0.05, 0.1) is 17.5 Å². The molecule has 0 aliphatic carbocycles. The summed E-state index contributed by atoms with van der Waals surface area (Å²) >= 11 is 0. The molecule has 0 amide bonds. The molecule has 186 valence electrons. The Labute approximate surface area is 215 Å². The maximum absolute atomic E-state index is 14.5. The number of H-pyrrole nitrogens is 1. The van der Waals surface area contributed by atoms with Gasteiger partial charge in [-0.2, -0.15) is 15.3 Å². The zero-order valence-corrected chi connectivity index (χ0v) is 19.6. The van der Waals surface area contributed by atoms with E-state index in [1.54, 1.807) is 36.4 Å². The van der Waals surface area contributed by atoms with Gasteiger partial charge in [0, 0.05) is 5.56 Å². The van der Waals surface area contributed by atoms with Crippen molar-refractivity contribution < 1.29 is 13.7 Å². The molecule has 0 unspecified atom stereocenters. The van der Waals surface area contributed by atoms with Crippen LogP contribution in [0.2, 0.25) is 0 Å². The summed E-state index contributed by atoms with van der Waals surface area (Å²) in [6.45, 7) is 0.0322. The van der Waals surface area contributed by atoms with Crippen LogP contribution in [0.15, 0.2) is 93.3 Å². The van der Waals surface area contributed by atoms with Gasteiger partial charge in [-0.05, 0) is 29.8 Å². The second-order valence-electron chi connectivity index (χ2n) is 7.84. The molecule has 5 rings (SSSR count). The predicted molar refractivity (Wildman–Crippen MR) is 137 cm³/mol. The number of benzene rings is 3. The summed E-state index contributed by atoms with van der Waals surface area (Å²) < 4.78 is 25.3. The molecule has 3 aromatic carbocycles. The minimum absolute atomic E-state index is 0.0322. The lowest BCUT2D eigenvalue weighted by Crippen LogP contribution is -2.16. The highest BCUT2D eigenvalue weighted by atomic mass is 19.1. The molecule has 0 aliphatic rings. The number of hydrogen-bond acceptors (Lipinski definition) is 9. The van der Waals surface area contributed by atoms with Crippen molar-refractivity contribution >= 4 is 12.2 Å². The van der Waals surface area contributed by atoms with Crippen molar-refractivity contribution in [2.45, 2.75) is 6.61 Å². The third-order valence-corrected chi connectivity index (χ3v) is 5.27. The normalized spacial score (nSPS) is 10.8. The SMILES string of the molecule is N#Cc1c(-c2ccccc2)nc(NN=Cc2ccc(F)c(-c3noc(COc4ccccc4)n3)c2)[nH]c1=O. The van der Waals surface area contributed by atoms with E-state index < -0.39 is 11.4 Å². The number of para-hydroxylation sites is 1. The van der Waals surface area contributed by atoms with E-state index in [9.17, 15) is 14.4 Å². The number of rotatable bonds is 8. The Hall–Kier alpha value is -5.63. The number of hydrazone groups is 1. The van der Waals surface area contributed by atoms with Crippen molar-refractivity contribution in [3.8, 4) is 34.5 Å². The standard InChI is InChI=1S/C27H18FN7O3/c28-22-12-11-17(13-20(22)25-31-23(38-35-25)16-37-19-9-5-2-6-10-19)15-30-34-27-32-24(18-7-3-1-4-8-18)21(14-29)26(36)33-27/h1-13,15H,16H2,(H2,32,33,34,36). The van der Waals surface area contributed by atoms with Gasteiger partial charge >= 0.3 is 0 Å². The molecular formula is C27H18FN7O3. The Kier molecular flexibility index (Phi) is 6.95. The van der Waals surface area contributed by atoms with Crippen LogP contribution >= 0.6 is 0 Å². The van der Waals surface area contributed by atoms with Gasteiger partial charge in [0.1, 0.15) is 23.2 Å². The largest absolute Gasteiger partial charge is 0.484 e. The maximum Gasteiger partial charge on any atom is 0.270 e. The van der Waals surface area contributed by atoms with Crippen LogP contribution in [0.4, 0.5) is 10.3 Å². The summed E-state index contributed by atoms with van der Waals surface area (Å²) in [5.74, 6) is 0.375. The number of nitriles is 1. The fourth-order valence-corrected chi connectivity index (χ4v) is 3.48. The average molecular weight is 507 g/mol. The van der Waals surface area contributed by atoms with Gasteiger partial charge in [-0.1, -0.05) is 59.8 Å². The average Bonchev–Trinajstić information content (AvgIpc) is 3.42. The molecule has 0 bridgehead atoms. The first-order valence-corrected chi connectivity index (χ1v) is 11.3. The summed E-state index contributed by atoms with van der Waals surface area (Å²) in [7, 11) is 0. The van der Waals surface area contributed by atoms with Gasteiger partial charge in [0.2, 0.25) is 11.8 Å². The molecular weight excluding hydrogens is 489 g/mol. The summed E-state index contributed by atoms with van der Waals surface area (Å²) in [5, 5.41) is 17.3. The quantitative estimate of drug-likeness (QED) is 0.231. The Morgan fingerprint density at radius 3 is 2.61 bits per heavy atom. The number of aromatic nitrogens is 4. The lowest BCUT2D eigenvalue weighted by atomic mass is 10.1. The molecule has 0 radical (unpaired) electrons. The van der Waals surface area contributed by atoms with E-state index in [-0.39, 0.29) is 41.1 Å². The zero-order valence-electron chi connectivity index (χ0n) is 19.6.